The standard InChI is InChI=1S/C21H20Cl2N2O2S/c1-13(2)25(3)21(26)19-12-28-20(24-19)16-9-8-15(10-18(16)23)27-11-14-6-4-5-7-17(14)22/h4-10,12-13H,11H2,1-3H3. The number of ether oxygens (including phenoxy) is 1. The molecule has 3 aromatic rings. The molecule has 0 saturated carbocycles. The van der Waals surface area contributed by atoms with Crippen molar-refractivity contribution in [2.24, 2.45) is 0 Å². The fraction of sp³-hybridized carbons (Fsp3) is 0.238. The number of halogens is 2. The molecule has 0 spiro atoms. The third-order valence-corrected chi connectivity index (χ3v) is 5.90. The number of benzene rings is 2. The highest BCUT2D eigenvalue weighted by molar-refractivity contribution is 7.13. The van der Waals surface area contributed by atoms with Crippen molar-refractivity contribution in [2.45, 2.75) is 26.5 Å². The van der Waals surface area contributed by atoms with Crippen LogP contribution in [0.4, 0.5) is 0 Å². The molecule has 0 aliphatic rings. The number of aromatic nitrogens is 1. The van der Waals surface area contributed by atoms with Gasteiger partial charge in [0.1, 0.15) is 23.1 Å². The van der Waals surface area contributed by atoms with E-state index in [9.17, 15) is 4.79 Å². The molecule has 1 amide bonds. The van der Waals surface area contributed by atoms with Gasteiger partial charge in [0.25, 0.3) is 5.91 Å². The second-order valence-electron chi connectivity index (χ2n) is 6.57. The van der Waals surface area contributed by atoms with Crippen molar-refractivity contribution < 1.29 is 9.53 Å². The van der Waals surface area contributed by atoms with E-state index in [4.69, 9.17) is 27.9 Å². The van der Waals surface area contributed by atoms with Crippen LogP contribution in [0.3, 0.4) is 0 Å². The normalized spacial score (nSPS) is 10.9. The summed E-state index contributed by atoms with van der Waals surface area (Å²) in [5.41, 5.74) is 2.09. The highest BCUT2D eigenvalue weighted by Crippen LogP contribution is 2.33. The lowest BCUT2D eigenvalue weighted by Gasteiger charge is -2.20. The van der Waals surface area contributed by atoms with E-state index in [-0.39, 0.29) is 11.9 Å². The van der Waals surface area contributed by atoms with Gasteiger partial charge in [-0.1, -0.05) is 41.4 Å². The zero-order valence-electron chi connectivity index (χ0n) is 15.8. The fourth-order valence-corrected chi connectivity index (χ4v) is 3.79. The van der Waals surface area contributed by atoms with Crippen LogP contribution in [-0.4, -0.2) is 28.9 Å². The summed E-state index contributed by atoms with van der Waals surface area (Å²) >= 11 is 14.0. The second kappa shape index (κ2) is 8.95. The summed E-state index contributed by atoms with van der Waals surface area (Å²) in [6.45, 7) is 4.28. The monoisotopic (exact) mass is 434 g/mol. The van der Waals surface area contributed by atoms with Crippen LogP contribution in [0.5, 0.6) is 5.75 Å². The summed E-state index contributed by atoms with van der Waals surface area (Å²) in [4.78, 5) is 18.5. The molecule has 28 heavy (non-hydrogen) atoms. The molecule has 0 fully saturated rings. The maximum absolute atomic E-state index is 12.4. The molecule has 0 N–H and O–H groups in total. The number of thiazole rings is 1. The first-order chi connectivity index (χ1) is 13.4. The SMILES string of the molecule is CC(C)N(C)C(=O)c1csc(-c2ccc(OCc3ccccc3Cl)cc2Cl)n1. The van der Waals surface area contributed by atoms with E-state index < -0.39 is 0 Å². The average molecular weight is 435 g/mol. The Bertz CT molecular complexity index is 988. The van der Waals surface area contributed by atoms with E-state index in [1.807, 2.05) is 50.2 Å². The molecule has 146 valence electrons. The van der Waals surface area contributed by atoms with E-state index in [1.54, 1.807) is 23.4 Å². The van der Waals surface area contributed by atoms with Crippen molar-refractivity contribution >= 4 is 40.4 Å². The van der Waals surface area contributed by atoms with Gasteiger partial charge in [-0.15, -0.1) is 11.3 Å². The Morgan fingerprint density at radius 2 is 1.93 bits per heavy atom. The molecule has 0 atom stereocenters. The van der Waals surface area contributed by atoms with Crippen LogP contribution in [0, 0.1) is 0 Å². The summed E-state index contributed by atoms with van der Waals surface area (Å²) in [5, 5.41) is 3.64. The van der Waals surface area contributed by atoms with Gasteiger partial charge in [-0.05, 0) is 38.1 Å². The van der Waals surface area contributed by atoms with Gasteiger partial charge in [-0.3, -0.25) is 4.79 Å². The van der Waals surface area contributed by atoms with Crippen molar-refractivity contribution in [3.63, 3.8) is 0 Å². The topological polar surface area (TPSA) is 42.4 Å². The Labute approximate surface area is 178 Å². The second-order valence-corrected chi connectivity index (χ2v) is 8.24. The first-order valence-electron chi connectivity index (χ1n) is 8.75. The Kier molecular flexibility index (Phi) is 6.60. The maximum atomic E-state index is 12.4. The lowest BCUT2D eigenvalue weighted by molar-refractivity contribution is 0.0750. The van der Waals surface area contributed by atoms with Crippen molar-refractivity contribution in [3.8, 4) is 16.3 Å². The molecule has 0 unspecified atom stereocenters. The number of carbonyl (C=O) groups is 1. The summed E-state index contributed by atoms with van der Waals surface area (Å²) in [6, 6.07) is 13.1. The highest BCUT2D eigenvalue weighted by atomic mass is 35.5. The van der Waals surface area contributed by atoms with Crippen LogP contribution in [-0.2, 0) is 6.61 Å². The highest BCUT2D eigenvalue weighted by Gasteiger charge is 2.19. The molecule has 2 aromatic carbocycles. The first-order valence-corrected chi connectivity index (χ1v) is 10.4. The molecule has 0 bridgehead atoms. The van der Waals surface area contributed by atoms with Crippen molar-refractivity contribution in [3.05, 3.63) is 69.1 Å². The molecular formula is C21H20Cl2N2O2S. The van der Waals surface area contributed by atoms with Crippen molar-refractivity contribution in [1.29, 1.82) is 0 Å². The largest absolute Gasteiger partial charge is 0.489 e. The van der Waals surface area contributed by atoms with Crippen LogP contribution in [0.2, 0.25) is 10.0 Å². The average Bonchev–Trinajstić information content (AvgIpc) is 3.16. The molecule has 0 radical (unpaired) electrons. The van der Waals surface area contributed by atoms with E-state index >= 15 is 0 Å². The predicted molar refractivity (Wildman–Crippen MR) is 116 cm³/mol. The number of hydrogen-bond donors (Lipinski definition) is 0. The van der Waals surface area contributed by atoms with Crippen LogP contribution in [0.1, 0.15) is 29.9 Å². The summed E-state index contributed by atoms with van der Waals surface area (Å²) < 4.78 is 5.80. The summed E-state index contributed by atoms with van der Waals surface area (Å²) in [6.07, 6.45) is 0. The first kappa shape index (κ1) is 20.6. The van der Waals surface area contributed by atoms with Crippen molar-refractivity contribution in [1.82, 2.24) is 9.88 Å². The minimum atomic E-state index is -0.103. The smallest absolute Gasteiger partial charge is 0.273 e. The van der Waals surface area contributed by atoms with Crippen molar-refractivity contribution in [2.75, 3.05) is 7.05 Å². The zero-order valence-corrected chi connectivity index (χ0v) is 18.1. The Morgan fingerprint density at radius 3 is 2.61 bits per heavy atom. The van der Waals surface area contributed by atoms with E-state index in [0.717, 1.165) is 11.1 Å². The lowest BCUT2D eigenvalue weighted by atomic mass is 10.2. The lowest BCUT2D eigenvalue weighted by Crippen LogP contribution is -2.33. The molecule has 0 saturated heterocycles. The van der Waals surface area contributed by atoms with E-state index in [1.165, 1.54) is 11.3 Å². The molecule has 3 rings (SSSR count). The molecule has 0 aliphatic heterocycles. The number of hydrogen-bond acceptors (Lipinski definition) is 4. The molecule has 4 nitrogen and oxygen atoms in total. The van der Waals surface area contributed by atoms with Gasteiger partial charge >= 0.3 is 0 Å². The Morgan fingerprint density at radius 1 is 1.18 bits per heavy atom. The maximum Gasteiger partial charge on any atom is 0.273 e. The number of rotatable bonds is 6. The number of nitrogens with zero attached hydrogens (tertiary/aromatic N) is 2. The number of carbonyl (C=O) groups excluding carboxylic acids is 1. The van der Waals surface area contributed by atoms with Gasteiger partial charge in [0.05, 0.1) is 5.02 Å². The Balaban J connectivity index is 1.74. The third kappa shape index (κ3) is 4.66. The quantitative estimate of drug-likeness (QED) is 0.465. The van der Waals surface area contributed by atoms with Gasteiger partial charge in [0.2, 0.25) is 0 Å². The summed E-state index contributed by atoms with van der Waals surface area (Å²) in [5.74, 6) is 0.536. The van der Waals surface area contributed by atoms with Crippen LogP contribution < -0.4 is 4.74 Å². The minimum Gasteiger partial charge on any atom is -0.489 e. The summed E-state index contributed by atoms with van der Waals surface area (Å²) in [7, 11) is 1.77. The zero-order chi connectivity index (χ0) is 20.3. The van der Waals surface area contributed by atoms with E-state index in [2.05, 4.69) is 4.98 Å². The molecule has 1 heterocycles. The minimum absolute atomic E-state index is 0.103. The predicted octanol–water partition coefficient (Wildman–Crippen LogP) is 6.18. The Hall–Kier alpha value is -2.08. The van der Waals surface area contributed by atoms with Gasteiger partial charge in [0, 0.05) is 34.6 Å². The van der Waals surface area contributed by atoms with Crippen LogP contribution in [0.25, 0.3) is 10.6 Å². The van der Waals surface area contributed by atoms with Gasteiger partial charge < -0.3 is 9.64 Å². The number of amides is 1. The molecule has 0 aliphatic carbocycles. The molecular weight excluding hydrogens is 415 g/mol. The van der Waals surface area contributed by atoms with Gasteiger partial charge in [0.15, 0.2) is 0 Å². The van der Waals surface area contributed by atoms with Crippen LogP contribution in [0.15, 0.2) is 47.8 Å². The van der Waals surface area contributed by atoms with Gasteiger partial charge in [-0.2, -0.15) is 0 Å². The molecule has 1 aromatic heterocycles. The third-order valence-electron chi connectivity index (χ3n) is 4.34. The van der Waals surface area contributed by atoms with E-state index in [0.29, 0.717) is 33.1 Å². The fourth-order valence-electron chi connectivity index (χ4n) is 2.45. The molecule has 7 heteroatoms. The van der Waals surface area contributed by atoms with Gasteiger partial charge in [-0.25, -0.2) is 4.98 Å². The van der Waals surface area contributed by atoms with Crippen LogP contribution >= 0.6 is 34.5 Å².